The number of nitrogens with two attached hydrogens (primary N) is 1. The highest BCUT2D eigenvalue weighted by Crippen LogP contribution is 2.24. The summed E-state index contributed by atoms with van der Waals surface area (Å²) in [5.41, 5.74) is 10.8. The molecule has 1 saturated heterocycles. The van der Waals surface area contributed by atoms with Gasteiger partial charge >= 0.3 is 0 Å². The molecule has 0 saturated carbocycles. The normalized spacial score (nSPS) is 24.2. The van der Waals surface area contributed by atoms with Crippen molar-refractivity contribution in [3.63, 3.8) is 0 Å². The maximum atomic E-state index is 6.30. The third kappa shape index (κ3) is 3.37. The van der Waals surface area contributed by atoms with Crippen LogP contribution in [0.4, 0.5) is 0 Å². The van der Waals surface area contributed by atoms with Gasteiger partial charge in [0.15, 0.2) is 0 Å². The largest absolute Gasteiger partial charge is 0.378 e. The van der Waals surface area contributed by atoms with Crippen LogP contribution in [-0.4, -0.2) is 18.8 Å². The Hall–Kier alpha value is -0.860. The Labute approximate surface area is 116 Å². The number of fused-ring (bicyclic) bond motifs is 1. The number of ether oxygens (including phenoxy) is 1. The molecule has 0 amide bonds. The van der Waals surface area contributed by atoms with Crippen LogP contribution in [0.5, 0.6) is 0 Å². The summed E-state index contributed by atoms with van der Waals surface area (Å²) in [6, 6.07) is 7.19. The van der Waals surface area contributed by atoms with Gasteiger partial charge in [-0.05, 0) is 68.1 Å². The lowest BCUT2D eigenvalue weighted by molar-refractivity contribution is 0.00747. The van der Waals surface area contributed by atoms with Crippen LogP contribution in [-0.2, 0) is 24.0 Å². The second-order valence-electron chi connectivity index (χ2n) is 6.15. The highest BCUT2D eigenvalue weighted by atomic mass is 16.5. The molecule has 1 aliphatic carbocycles. The van der Waals surface area contributed by atoms with Crippen molar-refractivity contribution in [1.82, 2.24) is 0 Å². The summed E-state index contributed by atoms with van der Waals surface area (Å²) in [4.78, 5) is 0. The minimum Gasteiger partial charge on any atom is -0.378 e. The fourth-order valence-electron chi connectivity index (χ4n) is 3.47. The minimum absolute atomic E-state index is 0.238. The van der Waals surface area contributed by atoms with Gasteiger partial charge in [-0.2, -0.15) is 0 Å². The quantitative estimate of drug-likeness (QED) is 0.902. The van der Waals surface area contributed by atoms with Crippen LogP contribution >= 0.6 is 0 Å². The molecule has 1 aromatic rings. The molecule has 2 atom stereocenters. The first-order valence-corrected chi connectivity index (χ1v) is 7.79. The van der Waals surface area contributed by atoms with Crippen molar-refractivity contribution in [3.8, 4) is 0 Å². The van der Waals surface area contributed by atoms with Gasteiger partial charge in [-0.3, -0.25) is 0 Å². The highest BCUT2D eigenvalue weighted by Gasteiger charge is 2.18. The molecule has 19 heavy (non-hydrogen) atoms. The van der Waals surface area contributed by atoms with Crippen molar-refractivity contribution in [2.45, 2.75) is 63.5 Å². The third-order valence-corrected chi connectivity index (χ3v) is 4.50. The molecule has 0 aromatic heterocycles. The lowest BCUT2D eigenvalue weighted by Crippen LogP contribution is -2.31. The van der Waals surface area contributed by atoms with Gasteiger partial charge in [0.05, 0.1) is 6.10 Å². The van der Waals surface area contributed by atoms with Crippen molar-refractivity contribution in [2.75, 3.05) is 6.61 Å². The molecule has 2 heteroatoms. The van der Waals surface area contributed by atoms with Gasteiger partial charge in [0.25, 0.3) is 0 Å². The summed E-state index contributed by atoms with van der Waals surface area (Å²) < 4.78 is 5.78. The van der Waals surface area contributed by atoms with Crippen LogP contribution < -0.4 is 5.73 Å². The Bertz CT molecular complexity index is 423. The summed E-state index contributed by atoms with van der Waals surface area (Å²) >= 11 is 0. The van der Waals surface area contributed by atoms with E-state index in [1.807, 2.05) is 0 Å². The number of aryl methyl sites for hydroxylation is 2. The van der Waals surface area contributed by atoms with Crippen LogP contribution in [0, 0.1) is 0 Å². The molecule has 2 N–H and O–H groups in total. The van der Waals surface area contributed by atoms with Crippen LogP contribution in [0.15, 0.2) is 18.2 Å². The van der Waals surface area contributed by atoms with Gasteiger partial charge in [0.2, 0.25) is 0 Å². The fourth-order valence-corrected chi connectivity index (χ4v) is 3.47. The van der Waals surface area contributed by atoms with E-state index < -0.39 is 0 Å². The number of hydrogen-bond acceptors (Lipinski definition) is 2. The molecule has 1 aromatic carbocycles. The smallest absolute Gasteiger partial charge is 0.0590 e. The van der Waals surface area contributed by atoms with E-state index in [4.69, 9.17) is 10.5 Å². The zero-order valence-electron chi connectivity index (χ0n) is 11.7. The van der Waals surface area contributed by atoms with E-state index in [-0.39, 0.29) is 6.04 Å². The molecule has 1 aliphatic heterocycles. The van der Waals surface area contributed by atoms with E-state index in [9.17, 15) is 0 Å². The average molecular weight is 259 g/mol. The molecule has 104 valence electrons. The SMILES string of the molecule is NC(Cc1ccc2c(c1)CCC2)CC1CCCCO1. The number of benzene rings is 1. The molecular formula is C17H25NO. The Morgan fingerprint density at radius 1 is 1.16 bits per heavy atom. The lowest BCUT2D eigenvalue weighted by Gasteiger charge is -2.25. The highest BCUT2D eigenvalue weighted by molar-refractivity contribution is 5.35. The predicted molar refractivity (Wildman–Crippen MR) is 78.4 cm³/mol. The van der Waals surface area contributed by atoms with E-state index in [2.05, 4.69) is 18.2 Å². The average Bonchev–Trinajstić information content (AvgIpc) is 2.87. The molecule has 0 spiro atoms. The van der Waals surface area contributed by atoms with Crippen LogP contribution in [0.25, 0.3) is 0 Å². The Balaban J connectivity index is 1.55. The van der Waals surface area contributed by atoms with Crippen molar-refractivity contribution in [3.05, 3.63) is 34.9 Å². The second kappa shape index (κ2) is 6.06. The predicted octanol–water partition coefficient (Wildman–Crippen LogP) is 3.00. The van der Waals surface area contributed by atoms with E-state index in [0.29, 0.717) is 6.10 Å². The summed E-state index contributed by atoms with van der Waals surface area (Å²) in [6.07, 6.45) is 9.95. The maximum absolute atomic E-state index is 6.30. The Morgan fingerprint density at radius 3 is 2.89 bits per heavy atom. The van der Waals surface area contributed by atoms with Gasteiger partial charge in [-0.1, -0.05) is 18.2 Å². The molecular weight excluding hydrogens is 234 g/mol. The summed E-state index contributed by atoms with van der Waals surface area (Å²) in [6.45, 7) is 0.927. The zero-order valence-corrected chi connectivity index (χ0v) is 11.7. The molecule has 1 heterocycles. The summed E-state index contributed by atoms with van der Waals surface area (Å²) in [5, 5.41) is 0. The first kappa shape index (κ1) is 13.1. The third-order valence-electron chi connectivity index (χ3n) is 4.50. The van der Waals surface area contributed by atoms with Crippen molar-refractivity contribution < 1.29 is 4.74 Å². The van der Waals surface area contributed by atoms with Crippen molar-refractivity contribution >= 4 is 0 Å². The monoisotopic (exact) mass is 259 g/mol. The fraction of sp³-hybridized carbons (Fsp3) is 0.647. The van der Waals surface area contributed by atoms with Crippen molar-refractivity contribution in [1.29, 1.82) is 0 Å². The first-order valence-electron chi connectivity index (χ1n) is 7.79. The topological polar surface area (TPSA) is 35.2 Å². The molecule has 3 rings (SSSR count). The van der Waals surface area contributed by atoms with Crippen molar-refractivity contribution in [2.24, 2.45) is 5.73 Å². The molecule has 2 unspecified atom stereocenters. The summed E-state index contributed by atoms with van der Waals surface area (Å²) in [7, 11) is 0. The van der Waals surface area contributed by atoms with E-state index in [1.165, 1.54) is 44.1 Å². The lowest BCUT2D eigenvalue weighted by atomic mass is 9.96. The molecule has 2 nitrogen and oxygen atoms in total. The van der Waals surface area contributed by atoms with E-state index in [1.54, 1.807) is 11.1 Å². The van der Waals surface area contributed by atoms with Crippen LogP contribution in [0.2, 0.25) is 0 Å². The summed E-state index contributed by atoms with van der Waals surface area (Å²) in [5.74, 6) is 0. The van der Waals surface area contributed by atoms with E-state index >= 15 is 0 Å². The van der Waals surface area contributed by atoms with Gasteiger partial charge < -0.3 is 10.5 Å². The molecule has 2 aliphatic rings. The molecule has 1 fully saturated rings. The van der Waals surface area contributed by atoms with Gasteiger partial charge in [-0.25, -0.2) is 0 Å². The van der Waals surface area contributed by atoms with Gasteiger partial charge in [0, 0.05) is 12.6 Å². The Kier molecular flexibility index (Phi) is 4.19. The number of hydrogen-bond donors (Lipinski definition) is 1. The second-order valence-corrected chi connectivity index (χ2v) is 6.15. The van der Waals surface area contributed by atoms with Gasteiger partial charge in [-0.15, -0.1) is 0 Å². The van der Waals surface area contributed by atoms with Gasteiger partial charge in [0.1, 0.15) is 0 Å². The first-order chi connectivity index (χ1) is 9.31. The Morgan fingerprint density at radius 2 is 2.05 bits per heavy atom. The van der Waals surface area contributed by atoms with Crippen LogP contribution in [0.1, 0.15) is 48.8 Å². The zero-order chi connectivity index (χ0) is 13.1. The maximum Gasteiger partial charge on any atom is 0.0590 e. The minimum atomic E-state index is 0.238. The van der Waals surface area contributed by atoms with Crippen LogP contribution in [0.3, 0.4) is 0 Å². The number of rotatable bonds is 4. The molecule has 0 bridgehead atoms. The molecule has 0 radical (unpaired) electrons. The van der Waals surface area contributed by atoms with E-state index in [0.717, 1.165) is 19.4 Å². The standard InChI is InChI=1S/C17H25NO/c18-16(12-17-6-1-2-9-19-17)11-13-7-8-14-4-3-5-15(14)10-13/h7-8,10,16-17H,1-6,9,11-12,18H2.